The van der Waals surface area contributed by atoms with Gasteiger partial charge < -0.3 is 5.11 Å². The molecule has 114 valence electrons. The minimum atomic E-state index is -3.88. The number of aryl methyl sites for hydroxylation is 1. The summed E-state index contributed by atoms with van der Waals surface area (Å²) in [6.07, 6.45) is 1.24. The number of aliphatic hydroxyl groups excluding tert-OH is 1. The van der Waals surface area contributed by atoms with Crippen molar-refractivity contribution in [1.82, 2.24) is 14.9 Å². The number of sulfonamides is 1. The maximum Gasteiger partial charge on any atom is 0.258 e. The van der Waals surface area contributed by atoms with Crippen molar-refractivity contribution in [3.05, 3.63) is 46.9 Å². The maximum absolute atomic E-state index is 13.5. The Labute approximate surface area is 122 Å². The molecule has 0 aliphatic carbocycles. The van der Waals surface area contributed by atoms with Crippen molar-refractivity contribution in [2.45, 2.75) is 31.5 Å². The van der Waals surface area contributed by atoms with Crippen molar-refractivity contribution in [2.75, 3.05) is 0 Å². The molecular weight excluding hydrogens is 297 g/mol. The van der Waals surface area contributed by atoms with E-state index in [-0.39, 0.29) is 10.6 Å². The van der Waals surface area contributed by atoms with Crippen molar-refractivity contribution in [3.63, 3.8) is 0 Å². The van der Waals surface area contributed by atoms with E-state index in [0.29, 0.717) is 11.1 Å². The summed E-state index contributed by atoms with van der Waals surface area (Å²) < 4.78 is 40.4. The fourth-order valence-corrected chi connectivity index (χ4v) is 3.24. The summed E-state index contributed by atoms with van der Waals surface area (Å²) in [7, 11) is -3.88. The quantitative estimate of drug-likeness (QED) is 0.777. The molecule has 0 aliphatic heterocycles. The predicted molar refractivity (Wildman–Crippen MR) is 74.4 cm³/mol. The van der Waals surface area contributed by atoms with Gasteiger partial charge in [0.15, 0.2) is 5.03 Å². The van der Waals surface area contributed by atoms with Gasteiger partial charge in [-0.25, -0.2) is 17.5 Å². The molecule has 0 bridgehead atoms. The Kier molecular flexibility index (Phi) is 4.40. The van der Waals surface area contributed by atoms with Gasteiger partial charge in [0.2, 0.25) is 0 Å². The molecule has 0 spiro atoms. The van der Waals surface area contributed by atoms with Gasteiger partial charge in [0.25, 0.3) is 10.0 Å². The first-order chi connectivity index (χ1) is 9.85. The summed E-state index contributed by atoms with van der Waals surface area (Å²) >= 11 is 0. The van der Waals surface area contributed by atoms with Crippen molar-refractivity contribution < 1.29 is 17.9 Å². The molecule has 1 aromatic heterocycles. The monoisotopic (exact) mass is 313 g/mol. The SMILES string of the molecule is Cc1ccc(C(C)NS(=O)(=O)c2[nH]ncc2CO)cc1F. The summed E-state index contributed by atoms with van der Waals surface area (Å²) in [6.45, 7) is 2.79. The van der Waals surface area contributed by atoms with Crippen molar-refractivity contribution in [1.29, 1.82) is 0 Å². The van der Waals surface area contributed by atoms with Crippen LogP contribution >= 0.6 is 0 Å². The highest BCUT2D eigenvalue weighted by molar-refractivity contribution is 7.89. The molecule has 21 heavy (non-hydrogen) atoms. The first kappa shape index (κ1) is 15.6. The number of aliphatic hydroxyl groups is 1. The molecule has 1 atom stereocenters. The topological polar surface area (TPSA) is 95.1 Å². The lowest BCUT2D eigenvalue weighted by Crippen LogP contribution is -2.28. The van der Waals surface area contributed by atoms with Gasteiger partial charge in [-0.2, -0.15) is 5.10 Å². The van der Waals surface area contributed by atoms with E-state index in [1.807, 2.05) is 0 Å². The molecule has 1 unspecified atom stereocenters. The van der Waals surface area contributed by atoms with Gasteiger partial charge in [-0.15, -0.1) is 0 Å². The van der Waals surface area contributed by atoms with Crippen LogP contribution in [0.15, 0.2) is 29.4 Å². The van der Waals surface area contributed by atoms with Gasteiger partial charge in [-0.1, -0.05) is 12.1 Å². The number of nitrogens with zero attached hydrogens (tertiary/aromatic N) is 1. The molecule has 3 N–H and O–H groups in total. The second kappa shape index (κ2) is 5.92. The fourth-order valence-electron chi connectivity index (χ4n) is 1.88. The molecule has 2 aromatic rings. The number of aromatic amines is 1. The summed E-state index contributed by atoms with van der Waals surface area (Å²) in [6, 6.07) is 3.92. The third-order valence-electron chi connectivity index (χ3n) is 3.15. The number of nitrogens with one attached hydrogen (secondary N) is 2. The number of benzene rings is 1. The van der Waals surface area contributed by atoms with Gasteiger partial charge in [0.1, 0.15) is 5.82 Å². The Balaban J connectivity index is 2.25. The Morgan fingerprint density at radius 3 is 2.81 bits per heavy atom. The van der Waals surface area contributed by atoms with Crippen LogP contribution in [0.25, 0.3) is 0 Å². The highest BCUT2D eigenvalue weighted by Crippen LogP contribution is 2.20. The summed E-state index contributed by atoms with van der Waals surface area (Å²) in [5, 5.41) is 14.8. The van der Waals surface area contributed by atoms with E-state index in [2.05, 4.69) is 14.9 Å². The molecule has 8 heteroatoms. The van der Waals surface area contributed by atoms with Crippen molar-refractivity contribution in [2.24, 2.45) is 0 Å². The van der Waals surface area contributed by atoms with Gasteiger partial charge in [-0.05, 0) is 31.0 Å². The van der Waals surface area contributed by atoms with Gasteiger partial charge in [0.05, 0.1) is 12.8 Å². The number of aromatic nitrogens is 2. The second-order valence-electron chi connectivity index (χ2n) is 4.73. The van der Waals surface area contributed by atoms with Gasteiger partial charge >= 0.3 is 0 Å². The van der Waals surface area contributed by atoms with Gasteiger partial charge in [-0.3, -0.25) is 5.10 Å². The molecule has 0 aliphatic rings. The average molecular weight is 313 g/mol. The summed E-state index contributed by atoms with van der Waals surface area (Å²) in [5.74, 6) is -0.392. The molecule has 0 saturated carbocycles. The van der Waals surface area contributed by atoms with Crippen LogP contribution in [0.4, 0.5) is 4.39 Å². The highest BCUT2D eigenvalue weighted by atomic mass is 32.2. The lowest BCUT2D eigenvalue weighted by molar-refractivity contribution is 0.278. The molecule has 6 nitrogen and oxygen atoms in total. The van der Waals surface area contributed by atoms with Crippen molar-refractivity contribution in [3.8, 4) is 0 Å². The smallest absolute Gasteiger partial charge is 0.258 e. The van der Waals surface area contributed by atoms with Gasteiger partial charge in [0, 0.05) is 11.6 Å². The molecule has 1 heterocycles. The van der Waals surface area contributed by atoms with Crippen LogP contribution in [-0.4, -0.2) is 23.7 Å². The number of hydrogen-bond acceptors (Lipinski definition) is 4. The van der Waals surface area contributed by atoms with Crippen LogP contribution in [0.5, 0.6) is 0 Å². The Morgan fingerprint density at radius 2 is 2.19 bits per heavy atom. The maximum atomic E-state index is 13.5. The average Bonchev–Trinajstić information content (AvgIpc) is 2.90. The minimum absolute atomic E-state index is 0.171. The fraction of sp³-hybridized carbons (Fsp3) is 0.308. The predicted octanol–water partition coefficient (Wildman–Crippen LogP) is 1.39. The molecule has 1 aromatic carbocycles. The van der Waals surface area contributed by atoms with Crippen LogP contribution in [0.2, 0.25) is 0 Å². The zero-order chi connectivity index (χ0) is 15.6. The largest absolute Gasteiger partial charge is 0.392 e. The second-order valence-corrected chi connectivity index (χ2v) is 6.38. The zero-order valence-corrected chi connectivity index (χ0v) is 12.4. The van der Waals surface area contributed by atoms with Crippen LogP contribution < -0.4 is 4.72 Å². The van der Waals surface area contributed by atoms with Crippen LogP contribution in [0.3, 0.4) is 0 Å². The normalized spacial score (nSPS) is 13.3. The van der Waals surface area contributed by atoms with E-state index in [9.17, 15) is 12.8 Å². The van der Waals surface area contributed by atoms with E-state index in [1.54, 1.807) is 26.0 Å². The van der Waals surface area contributed by atoms with Crippen molar-refractivity contribution >= 4 is 10.0 Å². The lowest BCUT2D eigenvalue weighted by atomic mass is 10.1. The van der Waals surface area contributed by atoms with E-state index in [4.69, 9.17) is 5.11 Å². The molecule has 0 saturated heterocycles. The first-order valence-corrected chi connectivity index (χ1v) is 7.75. The number of halogens is 1. The standard InChI is InChI=1S/C13H16FN3O3S/c1-8-3-4-10(5-12(8)14)9(2)17-21(19,20)13-11(7-18)6-15-16-13/h3-6,9,17-18H,7H2,1-2H3,(H,15,16). The van der Waals surface area contributed by atoms with Crippen LogP contribution in [0, 0.1) is 12.7 Å². The number of H-pyrrole nitrogens is 1. The Hall–Kier alpha value is -1.77. The minimum Gasteiger partial charge on any atom is -0.392 e. The van der Waals surface area contributed by atoms with E-state index >= 15 is 0 Å². The molecule has 0 radical (unpaired) electrons. The highest BCUT2D eigenvalue weighted by Gasteiger charge is 2.23. The van der Waals surface area contributed by atoms with Crippen LogP contribution in [-0.2, 0) is 16.6 Å². The summed E-state index contributed by atoms with van der Waals surface area (Å²) in [5.41, 5.74) is 1.17. The van der Waals surface area contributed by atoms with Crippen LogP contribution in [0.1, 0.15) is 29.7 Å². The van der Waals surface area contributed by atoms with E-state index < -0.39 is 28.5 Å². The third kappa shape index (κ3) is 3.29. The lowest BCUT2D eigenvalue weighted by Gasteiger charge is -2.15. The Bertz CT molecular complexity index is 743. The van der Waals surface area contributed by atoms with E-state index in [0.717, 1.165) is 0 Å². The number of rotatable bonds is 5. The number of hydrogen-bond donors (Lipinski definition) is 3. The third-order valence-corrected chi connectivity index (χ3v) is 4.70. The molecule has 0 amide bonds. The molecular formula is C13H16FN3O3S. The first-order valence-electron chi connectivity index (χ1n) is 6.26. The summed E-state index contributed by atoms with van der Waals surface area (Å²) in [4.78, 5) is 0. The van der Waals surface area contributed by atoms with E-state index in [1.165, 1.54) is 12.3 Å². The molecule has 2 rings (SSSR count). The molecule has 0 fully saturated rings. The zero-order valence-electron chi connectivity index (χ0n) is 11.6. The Morgan fingerprint density at radius 1 is 1.48 bits per heavy atom.